The van der Waals surface area contributed by atoms with Gasteiger partial charge in [0.1, 0.15) is 11.3 Å². The van der Waals surface area contributed by atoms with E-state index in [1.807, 2.05) is 0 Å². The SMILES string of the molecule is COc1cc(C(=O)Cl)c([N+](=O)[O-])cc1Br. The van der Waals surface area contributed by atoms with Gasteiger partial charge in [-0.3, -0.25) is 14.9 Å². The van der Waals surface area contributed by atoms with Crippen LogP contribution in [-0.4, -0.2) is 17.3 Å². The maximum atomic E-state index is 10.9. The van der Waals surface area contributed by atoms with Gasteiger partial charge in [-0.05, 0) is 27.5 Å². The van der Waals surface area contributed by atoms with Gasteiger partial charge in [0.05, 0.1) is 16.5 Å². The van der Waals surface area contributed by atoms with Gasteiger partial charge in [-0.1, -0.05) is 0 Å². The Morgan fingerprint density at radius 2 is 2.20 bits per heavy atom. The van der Waals surface area contributed by atoms with Crippen molar-refractivity contribution in [2.24, 2.45) is 0 Å². The average Bonchev–Trinajstić information content (AvgIpc) is 2.16. The van der Waals surface area contributed by atoms with Gasteiger partial charge >= 0.3 is 0 Å². The molecular weight excluding hydrogens is 289 g/mol. The van der Waals surface area contributed by atoms with Gasteiger partial charge in [0.15, 0.2) is 0 Å². The summed E-state index contributed by atoms with van der Waals surface area (Å²) in [4.78, 5) is 20.9. The van der Waals surface area contributed by atoms with Crippen molar-refractivity contribution in [3.8, 4) is 5.75 Å². The number of halogens is 2. The van der Waals surface area contributed by atoms with Crippen LogP contribution in [0.15, 0.2) is 16.6 Å². The summed E-state index contributed by atoms with van der Waals surface area (Å²) in [5.74, 6) is 0.310. The molecular formula is C8H5BrClNO4. The number of hydrogen-bond acceptors (Lipinski definition) is 4. The summed E-state index contributed by atoms with van der Waals surface area (Å²) in [7, 11) is 1.38. The molecule has 1 aromatic carbocycles. The molecule has 0 amide bonds. The van der Waals surface area contributed by atoms with E-state index < -0.39 is 10.2 Å². The molecule has 0 N–H and O–H groups in total. The lowest BCUT2D eigenvalue weighted by Crippen LogP contribution is -1.99. The van der Waals surface area contributed by atoms with E-state index in [9.17, 15) is 14.9 Å². The first-order chi connectivity index (χ1) is 6.97. The van der Waals surface area contributed by atoms with Gasteiger partial charge in [0.25, 0.3) is 10.9 Å². The highest BCUT2D eigenvalue weighted by molar-refractivity contribution is 9.10. The van der Waals surface area contributed by atoms with Crippen LogP contribution in [0.1, 0.15) is 10.4 Å². The van der Waals surface area contributed by atoms with Gasteiger partial charge in [-0.15, -0.1) is 0 Å². The van der Waals surface area contributed by atoms with E-state index in [2.05, 4.69) is 15.9 Å². The van der Waals surface area contributed by atoms with Crippen molar-refractivity contribution >= 4 is 38.5 Å². The number of methoxy groups -OCH3 is 1. The number of ether oxygens (including phenoxy) is 1. The molecule has 1 aromatic rings. The highest BCUT2D eigenvalue weighted by atomic mass is 79.9. The molecule has 0 aliphatic heterocycles. The van der Waals surface area contributed by atoms with Crippen LogP contribution in [0.4, 0.5) is 5.69 Å². The number of benzene rings is 1. The fraction of sp³-hybridized carbons (Fsp3) is 0.125. The molecule has 0 aliphatic rings. The third kappa shape index (κ3) is 2.45. The smallest absolute Gasteiger partial charge is 0.282 e. The van der Waals surface area contributed by atoms with Crippen molar-refractivity contribution in [1.82, 2.24) is 0 Å². The fourth-order valence-electron chi connectivity index (χ4n) is 1.01. The maximum absolute atomic E-state index is 10.9. The summed E-state index contributed by atoms with van der Waals surface area (Å²) in [5.41, 5.74) is -0.551. The Labute approximate surface area is 98.3 Å². The third-order valence-corrected chi connectivity index (χ3v) is 2.50. The lowest BCUT2D eigenvalue weighted by molar-refractivity contribution is -0.385. The predicted molar refractivity (Wildman–Crippen MR) is 57.5 cm³/mol. The lowest BCUT2D eigenvalue weighted by atomic mass is 10.2. The molecule has 0 saturated heterocycles. The molecule has 0 unspecified atom stereocenters. The molecule has 0 spiro atoms. The lowest BCUT2D eigenvalue weighted by Gasteiger charge is -2.04. The second kappa shape index (κ2) is 4.59. The summed E-state index contributed by atoms with van der Waals surface area (Å²) in [5, 5.41) is 9.72. The van der Waals surface area contributed by atoms with Crippen molar-refractivity contribution in [2.75, 3.05) is 7.11 Å². The van der Waals surface area contributed by atoms with Crippen molar-refractivity contribution in [1.29, 1.82) is 0 Å². The first-order valence-electron chi connectivity index (χ1n) is 3.69. The maximum Gasteiger partial charge on any atom is 0.282 e. The third-order valence-electron chi connectivity index (χ3n) is 1.68. The van der Waals surface area contributed by atoms with Crippen molar-refractivity contribution in [3.05, 3.63) is 32.3 Å². The zero-order valence-corrected chi connectivity index (χ0v) is 9.83. The molecule has 0 fully saturated rings. The molecule has 0 aliphatic carbocycles. The summed E-state index contributed by atoms with van der Waals surface area (Å²) < 4.78 is 5.28. The summed E-state index contributed by atoms with van der Waals surface area (Å²) >= 11 is 8.29. The van der Waals surface area contributed by atoms with E-state index in [4.69, 9.17) is 16.3 Å². The molecule has 5 nitrogen and oxygen atoms in total. The Kier molecular flexibility index (Phi) is 3.65. The molecule has 1 rings (SSSR count). The van der Waals surface area contributed by atoms with Gasteiger partial charge in [-0.25, -0.2) is 0 Å². The van der Waals surface area contributed by atoms with Gasteiger partial charge in [0.2, 0.25) is 0 Å². The van der Waals surface area contributed by atoms with Crippen molar-refractivity contribution in [2.45, 2.75) is 0 Å². The van der Waals surface area contributed by atoms with Crippen LogP contribution in [0, 0.1) is 10.1 Å². The Bertz CT molecular complexity index is 435. The molecule has 80 valence electrons. The number of rotatable bonds is 3. The first-order valence-corrected chi connectivity index (χ1v) is 4.86. The van der Waals surface area contributed by atoms with E-state index in [-0.39, 0.29) is 11.3 Å². The number of nitrogens with zero attached hydrogens (tertiary/aromatic N) is 1. The standard InChI is InChI=1S/C8H5BrClNO4/c1-15-7-2-4(8(10)12)6(11(13)14)3-5(7)9/h2-3H,1H3. The molecule has 0 radical (unpaired) electrons. The van der Waals surface area contributed by atoms with Crippen molar-refractivity contribution in [3.63, 3.8) is 0 Å². The average molecular weight is 294 g/mol. The minimum absolute atomic E-state index is 0.193. The number of nitro benzene ring substituents is 1. The molecule has 15 heavy (non-hydrogen) atoms. The molecule has 7 heteroatoms. The van der Waals surface area contributed by atoms with Crippen LogP contribution in [-0.2, 0) is 0 Å². The van der Waals surface area contributed by atoms with Gasteiger partial charge < -0.3 is 4.74 Å². The number of nitro groups is 1. The minimum Gasteiger partial charge on any atom is -0.496 e. The number of carbonyl (C=O) groups is 1. The minimum atomic E-state index is -0.896. The molecule has 0 aromatic heterocycles. The van der Waals surface area contributed by atoms with Crippen LogP contribution in [0.3, 0.4) is 0 Å². The second-order valence-corrected chi connectivity index (χ2v) is 3.73. The first kappa shape index (κ1) is 11.9. The predicted octanol–water partition coefficient (Wildman–Crippen LogP) is 2.74. The van der Waals surface area contributed by atoms with E-state index in [0.717, 1.165) is 0 Å². The molecule has 0 atom stereocenters. The van der Waals surface area contributed by atoms with Crippen molar-refractivity contribution < 1.29 is 14.5 Å². The second-order valence-electron chi connectivity index (χ2n) is 2.53. The zero-order valence-electron chi connectivity index (χ0n) is 7.49. The monoisotopic (exact) mass is 293 g/mol. The Morgan fingerprint density at radius 3 is 2.60 bits per heavy atom. The zero-order chi connectivity index (χ0) is 11.6. The molecule has 0 heterocycles. The van der Waals surface area contributed by atoms with E-state index in [0.29, 0.717) is 10.2 Å². The van der Waals surface area contributed by atoms with E-state index >= 15 is 0 Å². The Hall–Kier alpha value is -1.14. The molecule has 0 bridgehead atoms. The van der Waals surface area contributed by atoms with Crippen LogP contribution in [0.2, 0.25) is 0 Å². The molecule has 0 saturated carbocycles. The number of carbonyl (C=O) groups excluding carboxylic acids is 1. The van der Waals surface area contributed by atoms with E-state index in [1.54, 1.807) is 0 Å². The quantitative estimate of drug-likeness (QED) is 0.488. The Morgan fingerprint density at radius 1 is 1.60 bits per heavy atom. The summed E-state index contributed by atoms with van der Waals surface area (Å²) in [6.45, 7) is 0. The van der Waals surface area contributed by atoms with Crippen LogP contribution < -0.4 is 4.74 Å². The summed E-state index contributed by atoms with van der Waals surface area (Å²) in [6, 6.07) is 2.39. The highest BCUT2D eigenvalue weighted by Crippen LogP contribution is 2.33. The fourth-order valence-corrected chi connectivity index (χ4v) is 1.65. The van der Waals surface area contributed by atoms with E-state index in [1.165, 1.54) is 19.2 Å². The number of hydrogen-bond donors (Lipinski definition) is 0. The Balaban J connectivity index is 3.45. The topological polar surface area (TPSA) is 69.4 Å². The van der Waals surface area contributed by atoms with Crippen LogP contribution in [0.5, 0.6) is 5.75 Å². The van der Waals surface area contributed by atoms with Crippen LogP contribution >= 0.6 is 27.5 Å². The highest BCUT2D eigenvalue weighted by Gasteiger charge is 2.21. The van der Waals surface area contributed by atoms with Crippen LogP contribution in [0.25, 0.3) is 0 Å². The van der Waals surface area contributed by atoms with Gasteiger partial charge in [-0.2, -0.15) is 0 Å². The summed E-state index contributed by atoms with van der Waals surface area (Å²) in [6.07, 6.45) is 0. The normalized spacial score (nSPS) is 9.80. The van der Waals surface area contributed by atoms with Gasteiger partial charge in [0, 0.05) is 12.1 Å². The largest absolute Gasteiger partial charge is 0.496 e.